The average molecular weight is 358 g/mol. The number of hydrogen-bond acceptors (Lipinski definition) is 3. The maximum Gasteiger partial charge on any atom is 0.0593 e. The van der Waals surface area contributed by atoms with Crippen LogP contribution >= 0.6 is 0 Å². The van der Waals surface area contributed by atoms with Crippen LogP contribution in [0.2, 0.25) is 0 Å². The van der Waals surface area contributed by atoms with Gasteiger partial charge in [-0.2, -0.15) is 0 Å². The first kappa shape index (κ1) is 18.3. The molecule has 6 atom stereocenters. The van der Waals surface area contributed by atoms with Crippen molar-refractivity contribution in [3.63, 3.8) is 0 Å². The molecule has 1 heterocycles. The molecule has 2 saturated carbocycles. The number of fused-ring (bicyclic) bond motifs is 2. The summed E-state index contributed by atoms with van der Waals surface area (Å²) in [6, 6.07) is 11.4. The second-order valence-corrected chi connectivity index (χ2v) is 10.7. The third-order valence-electron chi connectivity index (χ3n) is 7.34. The second-order valence-electron chi connectivity index (χ2n) is 10.7. The van der Waals surface area contributed by atoms with E-state index >= 15 is 0 Å². The molecule has 0 aromatic heterocycles. The van der Waals surface area contributed by atoms with E-state index in [2.05, 4.69) is 62.9 Å². The maximum absolute atomic E-state index is 11.0. The van der Waals surface area contributed by atoms with Crippen LogP contribution in [0, 0.1) is 22.7 Å². The van der Waals surface area contributed by atoms with E-state index in [9.17, 15) is 10.2 Å². The van der Waals surface area contributed by atoms with Gasteiger partial charge in [-0.15, -0.1) is 0 Å². The van der Waals surface area contributed by atoms with Gasteiger partial charge in [-0.1, -0.05) is 45.9 Å². The summed E-state index contributed by atoms with van der Waals surface area (Å²) in [7, 11) is 0. The van der Waals surface area contributed by atoms with E-state index in [4.69, 9.17) is 0 Å². The van der Waals surface area contributed by atoms with Gasteiger partial charge in [0.1, 0.15) is 0 Å². The van der Waals surface area contributed by atoms with E-state index in [1.54, 1.807) is 0 Å². The molecule has 2 aliphatic carbocycles. The number of aliphatic hydroxyl groups excluding tert-OH is 2. The lowest BCUT2D eigenvalue weighted by Gasteiger charge is -2.61. The van der Waals surface area contributed by atoms with Gasteiger partial charge < -0.3 is 15.1 Å². The van der Waals surface area contributed by atoms with Crippen LogP contribution in [0.15, 0.2) is 30.3 Å². The van der Waals surface area contributed by atoms with Gasteiger partial charge in [0, 0.05) is 29.6 Å². The van der Waals surface area contributed by atoms with Crippen molar-refractivity contribution < 1.29 is 10.2 Å². The molecule has 0 radical (unpaired) electrons. The molecule has 1 aliphatic heterocycles. The van der Waals surface area contributed by atoms with E-state index in [1.165, 1.54) is 5.69 Å². The Morgan fingerprint density at radius 2 is 1.23 bits per heavy atom. The van der Waals surface area contributed by atoms with Crippen molar-refractivity contribution in [1.82, 2.24) is 0 Å². The summed E-state index contributed by atoms with van der Waals surface area (Å²) in [6.07, 6.45) is 4.40. The molecule has 2 N–H and O–H groups in total. The van der Waals surface area contributed by atoms with Crippen LogP contribution in [0.1, 0.15) is 59.8 Å². The Hall–Kier alpha value is -1.06. The highest BCUT2D eigenvalue weighted by Crippen LogP contribution is 2.53. The van der Waals surface area contributed by atoms with Gasteiger partial charge in [0.2, 0.25) is 0 Å². The highest BCUT2D eigenvalue weighted by molar-refractivity contribution is 5.50. The Labute approximate surface area is 158 Å². The summed E-state index contributed by atoms with van der Waals surface area (Å²) >= 11 is 0. The Morgan fingerprint density at radius 1 is 0.769 bits per heavy atom. The highest BCUT2D eigenvalue weighted by Gasteiger charge is 2.54. The quantitative estimate of drug-likeness (QED) is 0.790. The minimum absolute atomic E-state index is 0.156. The van der Waals surface area contributed by atoms with Crippen LogP contribution in [0.25, 0.3) is 0 Å². The molecule has 26 heavy (non-hydrogen) atoms. The molecule has 3 heteroatoms. The number of nitrogens with zero attached hydrogens (tertiary/aromatic N) is 1. The van der Waals surface area contributed by atoms with Crippen molar-refractivity contribution in [3.05, 3.63) is 30.3 Å². The van der Waals surface area contributed by atoms with Crippen LogP contribution < -0.4 is 4.90 Å². The lowest BCUT2D eigenvalue weighted by molar-refractivity contribution is -0.0756. The number of rotatable bonds is 1. The van der Waals surface area contributed by atoms with Gasteiger partial charge >= 0.3 is 0 Å². The Balaban J connectivity index is 1.77. The lowest BCUT2D eigenvalue weighted by atomic mass is 9.58. The summed E-state index contributed by atoms with van der Waals surface area (Å²) in [6.45, 7) is 9.17. The average Bonchev–Trinajstić information content (AvgIpc) is 2.52. The van der Waals surface area contributed by atoms with E-state index in [0.717, 1.165) is 32.1 Å². The first-order valence-electron chi connectivity index (χ1n) is 10.4. The molecule has 6 unspecified atom stereocenters. The van der Waals surface area contributed by atoms with Gasteiger partial charge in [0.15, 0.2) is 0 Å². The zero-order valence-electron chi connectivity index (χ0n) is 16.7. The van der Waals surface area contributed by atoms with E-state index < -0.39 is 0 Å². The van der Waals surface area contributed by atoms with Gasteiger partial charge in [-0.05, 0) is 55.1 Å². The van der Waals surface area contributed by atoms with Gasteiger partial charge in [-0.25, -0.2) is 0 Å². The van der Waals surface area contributed by atoms with Crippen LogP contribution in [0.3, 0.4) is 0 Å². The predicted octanol–water partition coefficient (Wildman–Crippen LogP) is 4.23. The molecule has 1 aromatic carbocycles. The Kier molecular flexibility index (Phi) is 4.39. The number of benzene rings is 1. The number of piperidine rings is 1. The molecule has 144 valence electrons. The first-order valence-corrected chi connectivity index (χ1v) is 10.4. The Bertz CT molecular complexity index is 605. The molecule has 0 amide bonds. The van der Waals surface area contributed by atoms with E-state index in [-0.39, 0.29) is 34.9 Å². The number of anilines is 1. The predicted molar refractivity (Wildman–Crippen MR) is 106 cm³/mol. The molecule has 3 nitrogen and oxygen atoms in total. The largest absolute Gasteiger partial charge is 0.393 e. The van der Waals surface area contributed by atoms with Crippen molar-refractivity contribution in [2.75, 3.05) is 4.90 Å². The van der Waals surface area contributed by atoms with Gasteiger partial charge in [0.25, 0.3) is 0 Å². The summed E-state index contributed by atoms with van der Waals surface area (Å²) in [5, 5.41) is 22.0. The zero-order chi connectivity index (χ0) is 18.7. The molecule has 1 saturated heterocycles. The van der Waals surface area contributed by atoms with Crippen molar-refractivity contribution in [2.24, 2.45) is 22.7 Å². The number of aliphatic hydroxyl groups is 2. The lowest BCUT2D eigenvalue weighted by Crippen LogP contribution is -2.65. The normalized spacial score (nSPS) is 41.2. The molecule has 4 rings (SSSR count). The zero-order valence-corrected chi connectivity index (χ0v) is 16.7. The Morgan fingerprint density at radius 3 is 1.69 bits per heavy atom. The molecule has 0 spiro atoms. The molecule has 3 fully saturated rings. The minimum atomic E-state index is -0.266. The molecular weight excluding hydrogens is 322 g/mol. The fourth-order valence-electron chi connectivity index (χ4n) is 6.33. The van der Waals surface area contributed by atoms with E-state index in [1.807, 2.05) is 0 Å². The third-order valence-corrected chi connectivity index (χ3v) is 7.34. The van der Waals surface area contributed by atoms with Gasteiger partial charge in [-0.3, -0.25) is 0 Å². The minimum Gasteiger partial charge on any atom is -0.393 e. The summed E-state index contributed by atoms with van der Waals surface area (Å²) in [4.78, 5) is 2.60. The van der Waals surface area contributed by atoms with Crippen molar-refractivity contribution in [2.45, 2.75) is 84.1 Å². The molecule has 1 aromatic rings. The van der Waals surface area contributed by atoms with Crippen molar-refractivity contribution >= 4 is 5.69 Å². The van der Waals surface area contributed by atoms with Crippen molar-refractivity contribution in [3.8, 4) is 0 Å². The maximum atomic E-state index is 11.0. The third kappa shape index (κ3) is 3.18. The number of para-hydroxylation sites is 1. The van der Waals surface area contributed by atoms with Crippen LogP contribution in [-0.2, 0) is 0 Å². The molecule has 0 bridgehead atoms. The van der Waals surface area contributed by atoms with Gasteiger partial charge in [0.05, 0.1) is 12.2 Å². The summed E-state index contributed by atoms with van der Waals surface area (Å²) in [5.74, 6) is 0.528. The topological polar surface area (TPSA) is 43.7 Å². The summed E-state index contributed by atoms with van der Waals surface area (Å²) in [5.41, 5.74) is 1.57. The smallest absolute Gasteiger partial charge is 0.0593 e. The van der Waals surface area contributed by atoms with Crippen LogP contribution in [0.5, 0.6) is 0 Å². The highest BCUT2D eigenvalue weighted by atomic mass is 16.3. The number of hydrogen-bond donors (Lipinski definition) is 2. The standard InChI is InChI=1S/C23H35NO2/c1-22(2)11-18-16(20(25)13-22)10-17-19(12-23(3,4)14-21(17)26)24(18)15-8-6-5-7-9-15/h5-9,16-21,25-26H,10-14H2,1-4H3. The van der Waals surface area contributed by atoms with Crippen molar-refractivity contribution in [1.29, 1.82) is 0 Å². The van der Waals surface area contributed by atoms with Crippen LogP contribution in [0.4, 0.5) is 5.69 Å². The van der Waals surface area contributed by atoms with Crippen LogP contribution in [-0.4, -0.2) is 34.5 Å². The van der Waals surface area contributed by atoms with E-state index in [0.29, 0.717) is 12.1 Å². The monoisotopic (exact) mass is 357 g/mol. The fraction of sp³-hybridized carbons (Fsp3) is 0.739. The second kappa shape index (κ2) is 6.24. The molecular formula is C23H35NO2. The molecule has 3 aliphatic rings. The fourth-order valence-corrected chi connectivity index (χ4v) is 6.33. The first-order chi connectivity index (χ1) is 12.2. The SMILES string of the molecule is CC1(C)CC(O)C2CC3C(O)CC(C)(C)CC3N(c3ccccc3)C2C1. The summed E-state index contributed by atoms with van der Waals surface area (Å²) < 4.78 is 0.